The lowest BCUT2D eigenvalue weighted by atomic mass is 10.3. The highest BCUT2D eigenvalue weighted by Gasteiger charge is 2.14. The first-order chi connectivity index (χ1) is 8.20. The predicted molar refractivity (Wildman–Crippen MR) is 77.6 cm³/mol. The van der Waals surface area contributed by atoms with Crippen LogP contribution < -0.4 is 22.3 Å². The van der Waals surface area contributed by atoms with E-state index in [0.717, 1.165) is 0 Å². The normalized spacial score (nSPS) is 12.2. The third kappa shape index (κ3) is 4.12. The van der Waals surface area contributed by atoms with Crippen LogP contribution in [0.4, 0.5) is 5.69 Å². The second-order valence-corrected chi connectivity index (χ2v) is 5.94. The molecule has 18 heavy (non-hydrogen) atoms. The molecule has 0 fully saturated rings. The fraction of sp³-hybridized carbons (Fsp3) is 0. The smallest absolute Gasteiger partial charge is 0.240 e. The number of hydrogen-bond donors (Lipinski definition) is 4. The summed E-state index contributed by atoms with van der Waals surface area (Å²) in [7, 11) is -3.91. The molecule has 0 bridgehead atoms. The molecule has 0 saturated carbocycles. The molecule has 0 unspecified atom stereocenters. The summed E-state index contributed by atoms with van der Waals surface area (Å²) in [6.45, 7) is 0. The highest BCUT2D eigenvalue weighted by molar-refractivity contribution is 14.1. The molecule has 0 atom stereocenters. The molecular formula is C8H11IN6O2S. The molecule has 0 aliphatic rings. The maximum absolute atomic E-state index is 11.4. The van der Waals surface area contributed by atoms with Crippen molar-refractivity contribution in [2.75, 3.05) is 0 Å². The van der Waals surface area contributed by atoms with E-state index in [1.165, 1.54) is 12.1 Å². The van der Waals surface area contributed by atoms with Gasteiger partial charge in [-0.3, -0.25) is 0 Å². The van der Waals surface area contributed by atoms with Crippen molar-refractivity contribution in [3.8, 4) is 0 Å². The Labute approximate surface area is 117 Å². The third-order valence-corrected chi connectivity index (χ3v) is 3.32. The van der Waals surface area contributed by atoms with Gasteiger partial charge in [-0.2, -0.15) is 4.99 Å². The minimum atomic E-state index is -3.91. The largest absolute Gasteiger partial charge is 0.370 e. The van der Waals surface area contributed by atoms with Gasteiger partial charge in [0.25, 0.3) is 0 Å². The Kier molecular flexibility index (Phi) is 4.48. The standard InChI is InChI=1S/C8H11IN6O2S/c9-4-1-2-5(6(3-4)18(13,16)17)14-8(12)15-7(10)11/h1-3H,(H2,13,16,17)(H6,10,11,12,14,15). The summed E-state index contributed by atoms with van der Waals surface area (Å²) in [6, 6.07) is 4.48. The number of halogens is 1. The molecule has 8 nitrogen and oxygen atoms in total. The zero-order chi connectivity index (χ0) is 13.9. The number of rotatable bonds is 2. The van der Waals surface area contributed by atoms with Crippen LogP contribution in [0.3, 0.4) is 0 Å². The molecule has 0 radical (unpaired) electrons. The van der Waals surface area contributed by atoms with Crippen molar-refractivity contribution in [1.82, 2.24) is 0 Å². The van der Waals surface area contributed by atoms with E-state index >= 15 is 0 Å². The second kappa shape index (κ2) is 5.49. The SMILES string of the molecule is NC(N)=NC(N)=Nc1ccc(I)cc1S(N)(=O)=O. The maximum Gasteiger partial charge on any atom is 0.240 e. The van der Waals surface area contributed by atoms with Crippen LogP contribution in [0.15, 0.2) is 33.1 Å². The molecule has 0 amide bonds. The lowest BCUT2D eigenvalue weighted by Gasteiger charge is -2.04. The number of nitrogens with two attached hydrogens (primary N) is 4. The first-order valence-corrected chi connectivity index (χ1v) is 7.09. The van der Waals surface area contributed by atoms with Crippen LogP contribution >= 0.6 is 22.6 Å². The summed E-state index contributed by atoms with van der Waals surface area (Å²) in [5, 5.41) is 5.08. The van der Waals surface area contributed by atoms with Crippen LogP contribution in [0.5, 0.6) is 0 Å². The highest BCUT2D eigenvalue weighted by Crippen LogP contribution is 2.25. The van der Waals surface area contributed by atoms with Crippen LogP contribution in [-0.2, 0) is 10.0 Å². The topological polar surface area (TPSA) is 163 Å². The number of guanidine groups is 2. The molecule has 98 valence electrons. The first-order valence-electron chi connectivity index (χ1n) is 4.46. The van der Waals surface area contributed by atoms with E-state index in [0.29, 0.717) is 3.57 Å². The van der Waals surface area contributed by atoms with E-state index in [-0.39, 0.29) is 22.5 Å². The monoisotopic (exact) mass is 382 g/mol. The van der Waals surface area contributed by atoms with Gasteiger partial charge in [0, 0.05) is 3.57 Å². The van der Waals surface area contributed by atoms with E-state index < -0.39 is 10.0 Å². The van der Waals surface area contributed by atoms with Crippen molar-refractivity contribution in [2.45, 2.75) is 4.90 Å². The molecule has 1 aromatic carbocycles. The van der Waals surface area contributed by atoms with Gasteiger partial charge in [-0.15, -0.1) is 0 Å². The summed E-state index contributed by atoms with van der Waals surface area (Å²) in [6.07, 6.45) is 0. The van der Waals surface area contributed by atoms with Gasteiger partial charge in [-0.25, -0.2) is 18.5 Å². The number of benzene rings is 1. The molecule has 0 spiro atoms. The van der Waals surface area contributed by atoms with Crippen LogP contribution in [0.25, 0.3) is 0 Å². The fourth-order valence-electron chi connectivity index (χ4n) is 1.09. The Morgan fingerprint density at radius 3 is 2.33 bits per heavy atom. The summed E-state index contributed by atoms with van der Waals surface area (Å²) in [4.78, 5) is 7.12. The van der Waals surface area contributed by atoms with Crippen molar-refractivity contribution in [3.63, 3.8) is 0 Å². The molecule has 0 aliphatic carbocycles. The minimum absolute atomic E-state index is 0.0698. The zero-order valence-corrected chi connectivity index (χ0v) is 12.0. The van der Waals surface area contributed by atoms with Crippen LogP contribution in [0.2, 0.25) is 0 Å². The van der Waals surface area contributed by atoms with Crippen molar-refractivity contribution < 1.29 is 8.42 Å². The Hall–Kier alpha value is -1.40. The number of primary sulfonamides is 1. The number of sulfonamides is 1. The van der Waals surface area contributed by atoms with Crippen LogP contribution in [0.1, 0.15) is 0 Å². The predicted octanol–water partition coefficient (Wildman–Crippen LogP) is -0.842. The van der Waals surface area contributed by atoms with Gasteiger partial charge in [0.1, 0.15) is 4.90 Å². The summed E-state index contributed by atoms with van der Waals surface area (Å²) < 4.78 is 23.5. The lowest BCUT2D eigenvalue weighted by Crippen LogP contribution is -2.26. The van der Waals surface area contributed by atoms with Gasteiger partial charge in [-0.05, 0) is 40.8 Å². The highest BCUT2D eigenvalue weighted by atomic mass is 127. The number of nitrogens with zero attached hydrogens (tertiary/aromatic N) is 2. The molecule has 1 aromatic rings. The molecular weight excluding hydrogens is 371 g/mol. The average molecular weight is 382 g/mol. The van der Waals surface area contributed by atoms with Crippen molar-refractivity contribution >= 4 is 50.2 Å². The van der Waals surface area contributed by atoms with Gasteiger partial charge in [0.2, 0.25) is 16.0 Å². The van der Waals surface area contributed by atoms with Gasteiger partial charge in [-0.1, -0.05) is 0 Å². The minimum Gasteiger partial charge on any atom is -0.370 e. The summed E-state index contributed by atoms with van der Waals surface area (Å²) in [5.74, 6) is -0.542. The second-order valence-electron chi connectivity index (χ2n) is 3.16. The molecule has 0 aliphatic heterocycles. The van der Waals surface area contributed by atoms with Crippen molar-refractivity contribution in [1.29, 1.82) is 0 Å². The van der Waals surface area contributed by atoms with Crippen molar-refractivity contribution in [2.24, 2.45) is 32.3 Å². The molecule has 0 heterocycles. The average Bonchev–Trinajstić information content (AvgIpc) is 2.17. The Bertz CT molecular complexity index is 620. The molecule has 0 aromatic heterocycles. The molecule has 1 rings (SSSR count). The molecule has 10 heteroatoms. The quantitative estimate of drug-likeness (QED) is 0.297. The van der Waals surface area contributed by atoms with Gasteiger partial charge in [0.15, 0.2) is 5.96 Å². The Morgan fingerprint density at radius 2 is 1.83 bits per heavy atom. The van der Waals surface area contributed by atoms with Gasteiger partial charge in [0.05, 0.1) is 5.69 Å². The van der Waals surface area contributed by atoms with E-state index in [1.54, 1.807) is 6.07 Å². The van der Waals surface area contributed by atoms with Crippen LogP contribution in [0, 0.1) is 3.57 Å². The van der Waals surface area contributed by atoms with E-state index in [9.17, 15) is 8.42 Å². The van der Waals surface area contributed by atoms with Crippen LogP contribution in [-0.4, -0.2) is 20.3 Å². The Balaban J connectivity index is 3.39. The van der Waals surface area contributed by atoms with Gasteiger partial charge >= 0.3 is 0 Å². The molecule has 0 saturated heterocycles. The van der Waals surface area contributed by atoms with Gasteiger partial charge < -0.3 is 17.2 Å². The Morgan fingerprint density at radius 1 is 1.22 bits per heavy atom. The first kappa shape index (κ1) is 14.7. The summed E-state index contributed by atoms with van der Waals surface area (Å²) in [5.41, 5.74) is 15.7. The lowest BCUT2D eigenvalue weighted by molar-refractivity contribution is 0.598. The van der Waals surface area contributed by atoms with E-state index in [1.807, 2.05) is 22.6 Å². The number of aliphatic imine (C=N–C) groups is 2. The maximum atomic E-state index is 11.4. The van der Waals surface area contributed by atoms with E-state index in [2.05, 4.69) is 9.98 Å². The summed E-state index contributed by atoms with van der Waals surface area (Å²) >= 11 is 1.95. The fourth-order valence-corrected chi connectivity index (χ4v) is 2.49. The van der Waals surface area contributed by atoms with E-state index in [4.69, 9.17) is 22.3 Å². The number of hydrogen-bond acceptors (Lipinski definition) is 3. The molecule has 8 N–H and O–H groups in total. The third-order valence-electron chi connectivity index (χ3n) is 1.71. The van der Waals surface area contributed by atoms with Crippen molar-refractivity contribution in [3.05, 3.63) is 21.8 Å². The zero-order valence-electron chi connectivity index (χ0n) is 9.04.